The predicted octanol–water partition coefficient (Wildman–Crippen LogP) is 1.14. The lowest BCUT2D eigenvalue weighted by molar-refractivity contribution is -0.142. The van der Waals surface area contributed by atoms with Crippen molar-refractivity contribution >= 4 is 11.8 Å². The van der Waals surface area contributed by atoms with Crippen LogP contribution in [0.1, 0.15) is 26.7 Å². The average molecular weight is 263 g/mol. The van der Waals surface area contributed by atoms with Gasteiger partial charge in [-0.05, 0) is 32.3 Å². The third kappa shape index (κ3) is 5.72. The number of halogens is 2. The Balaban J connectivity index is 4.65. The Hall–Kier alpha value is -1.50. The summed E-state index contributed by atoms with van der Waals surface area (Å²) in [6, 6.07) is 0. The summed E-state index contributed by atoms with van der Waals surface area (Å²) in [6.07, 6.45) is -0.124. The van der Waals surface area contributed by atoms with Crippen LogP contribution in [0.4, 0.5) is 8.78 Å². The zero-order valence-corrected chi connectivity index (χ0v) is 10.5. The number of nitrogens with zero attached hydrogens (tertiary/aromatic N) is 1. The lowest BCUT2D eigenvalue weighted by Crippen LogP contribution is -2.44. The van der Waals surface area contributed by atoms with Gasteiger partial charge in [0, 0.05) is 0 Å². The third-order valence-corrected chi connectivity index (χ3v) is 2.45. The van der Waals surface area contributed by atoms with Gasteiger partial charge in [-0.2, -0.15) is 0 Å². The first-order valence-electron chi connectivity index (χ1n) is 5.42. The fraction of sp³-hybridized carbons (Fsp3) is 0.636. The van der Waals surface area contributed by atoms with Crippen molar-refractivity contribution in [2.45, 2.75) is 32.2 Å². The summed E-state index contributed by atoms with van der Waals surface area (Å²) in [5, 5.41) is 8.77. The number of carboxylic acids is 1. The highest BCUT2D eigenvalue weighted by Crippen LogP contribution is 2.19. The van der Waals surface area contributed by atoms with Crippen LogP contribution in [0, 0.1) is 0 Å². The minimum Gasteiger partial charge on any atom is -0.480 e. The van der Waals surface area contributed by atoms with E-state index in [2.05, 4.69) is 4.99 Å². The van der Waals surface area contributed by atoms with Gasteiger partial charge in [0.25, 0.3) is 0 Å². The molecule has 0 radical (unpaired) electrons. The molecule has 7 heteroatoms. The van der Waals surface area contributed by atoms with E-state index in [4.69, 9.17) is 16.6 Å². The van der Waals surface area contributed by atoms with Crippen molar-refractivity contribution in [2.75, 3.05) is 13.2 Å². The average Bonchev–Trinajstić information content (AvgIpc) is 2.26. The summed E-state index contributed by atoms with van der Waals surface area (Å²) in [7, 11) is 0. The van der Waals surface area contributed by atoms with E-state index in [1.807, 2.05) is 0 Å². The molecule has 0 aliphatic heterocycles. The Bertz CT molecular complexity index is 361. The van der Waals surface area contributed by atoms with Gasteiger partial charge in [0.2, 0.25) is 0 Å². The maximum atomic E-state index is 13.5. The number of carboxylic acid groups (broad SMARTS) is 1. The molecule has 104 valence electrons. The normalized spacial score (nSPS) is 17.1. The van der Waals surface area contributed by atoms with Crippen LogP contribution in [0.2, 0.25) is 0 Å². The molecule has 0 fully saturated rings. The van der Waals surface area contributed by atoms with E-state index in [0.717, 1.165) is 0 Å². The van der Waals surface area contributed by atoms with Crippen molar-refractivity contribution in [3.63, 3.8) is 0 Å². The second kappa shape index (κ2) is 7.05. The molecular weight excluding hydrogens is 244 g/mol. The van der Waals surface area contributed by atoms with Gasteiger partial charge in [-0.15, -0.1) is 0 Å². The largest absolute Gasteiger partial charge is 0.480 e. The first-order valence-corrected chi connectivity index (χ1v) is 5.42. The first kappa shape index (κ1) is 16.5. The van der Waals surface area contributed by atoms with Crippen LogP contribution < -0.4 is 11.5 Å². The highest BCUT2D eigenvalue weighted by molar-refractivity contribution is 5.78. The van der Waals surface area contributed by atoms with Crippen LogP contribution in [0.15, 0.2) is 16.4 Å². The summed E-state index contributed by atoms with van der Waals surface area (Å²) in [5.41, 5.74) is 9.07. The Morgan fingerprint density at radius 2 is 2.06 bits per heavy atom. The molecule has 0 aromatic carbocycles. The highest BCUT2D eigenvalue weighted by Gasteiger charge is 2.28. The standard InChI is InChI=1S/C11H19F2N3O2/c1-7(14)16-6-9(13)8(5-12)3-4-11(2,15)10(17)18/h3-6,15H2,1-2H3,(H2,14,16)(H,17,18)/b9-8-. The van der Waals surface area contributed by atoms with E-state index >= 15 is 0 Å². The smallest absolute Gasteiger partial charge is 0.323 e. The summed E-state index contributed by atoms with van der Waals surface area (Å²) in [5.74, 6) is -1.75. The van der Waals surface area contributed by atoms with Gasteiger partial charge in [-0.3, -0.25) is 9.79 Å². The SMILES string of the molecule is CC(N)=NC/C(F)=C(/CF)CCC(C)(N)C(=O)O. The van der Waals surface area contributed by atoms with Gasteiger partial charge in [0.1, 0.15) is 18.0 Å². The van der Waals surface area contributed by atoms with Crippen LogP contribution in [-0.4, -0.2) is 35.7 Å². The quantitative estimate of drug-likeness (QED) is 0.473. The molecule has 5 N–H and O–H groups in total. The molecule has 5 nitrogen and oxygen atoms in total. The molecule has 0 aromatic rings. The molecule has 0 saturated carbocycles. The number of allylic oxidation sites excluding steroid dienone is 1. The Morgan fingerprint density at radius 1 is 1.50 bits per heavy atom. The minimum absolute atomic E-state index is 0.0552. The molecule has 1 unspecified atom stereocenters. The van der Waals surface area contributed by atoms with E-state index in [9.17, 15) is 13.6 Å². The molecule has 0 heterocycles. The van der Waals surface area contributed by atoms with Gasteiger partial charge in [0.05, 0.1) is 12.4 Å². The monoisotopic (exact) mass is 263 g/mol. The molecule has 0 aromatic heterocycles. The lowest BCUT2D eigenvalue weighted by Gasteiger charge is -2.19. The fourth-order valence-corrected chi connectivity index (χ4v) is 1.10. The van der Waals surface area contributed by atoms with Crippen LogP contribution in [0.3, 0.4) is 0 Å². The van der Waals surface area contributed by atoms with Crippen molar-refractivity contribution < 1.29 is 18.7 Å². The third-order valence-electron chi connectivity index (χ3n) is 2.45. The molecule has 0 spiro atoms. The molecule has 0 amide bonds. The van der Waals surface area contributed by atoms with E-state index < -0.39 is 24.0 Å². The summed E-state index contributed by atoms with van der Waals surface area (Å²) in [6.45, 7) is 1.45. The number of carbonyl (C=O) groups is 1. The Morgan fingerprint density at radius 3 is 2.44 bits per heavy atom. The first-order chi connectivity index (χ1) is 8.20. The van der Waals surface area contributed by atoms with Crippen molar-refractivity contribution in [2.24, 2.45) is 16.5 Å². The van der Waals surface area contributed by atoms with Gasteiger partial charge >= 0.3 is 5.97 Å². The molecule has 0 aliphatic rings. The zero-order valence-electron chi connectivity index (χ0n) is 10.5. The number of rotatable bonds is 7. The number of hydrogen-bond donors (Lipinski definition) is 3. The van der Waals surface area contributed by atoms with Crippen molar-refractivity contribution in [3.8, 4) is 0 Å². The number of amidine groups is 1. The van der Waals surface area contributed by atoms with Crippen LogP contribution in [0.5, 0.6) is 0 Å². The molecular formula is C11H19F2N3O2. The topological polar surface area (TPSA) is 102 Å². The number of aliphatic carboxylic acids is 1. The summed E-state index contributed by atoms with van der Waals surface area (Å²) < 4.78 is 26.1. The van der Waals surface area contributed by atoms with E-state index in [0.29, 0.717) is 0 Å². The summed E-state index contributed by atoms with van der Waals surface area (Å²) >= 11 is 0. The zero-order chi connectivity index (χ0) is 14.3. The van der Waals surface area contributed by atoms with Crippen LogP contribution in [-0.2, 0) is 4.79 Å². The maximum absolute atomic E-state index is 13.5. The van der Waals surface area contributed by atoms with Crippen molar-refractivity contribution in [1.29, 1.82) is 0 Å². The number of hydrogen-bond acceptors (Lipinski definition) is 3. The maximum Gasteiger partial charge on any atom is 0.323 e. The second-order valence-electron chi connectivity index (χ2n) is 4.32. The van der Waals surface area contributed by atoms with Crippen LogP contribution >= 0.6 is 0 Å². The minimum atomic E-state index is -1.51. The van der Waals surface area contributed by atoms with Crippen LogP contribution in [0.25, 0.3) is 0 Å². The highest BCUT2D eigenvalue weighted by atomic mass is 19.1. The van der Waals surface area contributed by atoms with Gasteiger partial charge in [0.15, 0.2) is 0 Å². The molecule has 0 bridgehead atoms. The molecule has 0 aliphatic carbocycles. The Kier molecular flexibility index (Phi) is 6.46. The number of nitrogens with two attached hydrogens (primary N) is 2. The predicted molar refractivity (Wildman–Crippen MR) is 65.7 cm³/mol. The molecule has 0 saturated heterocycles. The number of alkyl halides is 1. The fourth-order valence-electron chi connectivity index (χ4n) is 1.10. The van der Waals surface area contributed by atoms with E-state index in [1.54, 1.807) is 0 Å². The van der Waals surface area contributed by atoms with Gasteiger partial charge < -0.3 is 16.6 Å². The van der Waals surface area contributed by atoms with E-state index in [1.165, 1.54) is 13.8 Å². The van der Waals surface area contributed by atoms with Crippen molar-refractivity contribution in [3.05, 3.63) is 11.4 Å². The molecule has 18 heavy (non-hydrogen) atoms. The van der Waals surface area contributed by atoms with Gasteiger partial charge in [-0.1, -0.05) is 0 Å². The number of aliphatic imine (C=N–C) groups is 1. The second-order valence-corrected chi connectivity index (χ2v) is 4.32. The summed E-state index contributed by atoms with van der Waals surface area (Å²) in [4.78, 5) is 14.4. The van der Waals surface area contributed by atoms with Gasteiger partial charge in [-0.25, -0.2) is 8.78 Å². The van der Waals surface area contributed by atoms with Crippen molar-refractivity contribution in [1.82, 2.24) is 0 Å². The lowest BCUT2D eigenvalue weighted by atomic mass is 9.94. The molecule has 1 atom stereocenters. The Labute approximate surface area is 105 Å². The molecule has 0 rings (SSSR count). The van der Waals surface area contributed by atoms with E-state index in [-0.39, 0.29) is 30.8 Å².